The second kappa shape index (κ2) is 3.96. The Kier molecular flexibility index (Phi) is 3.97. The zero-order chi connectivity index (χ0) is 6.57. The summed E-state index contributed by atoms with van der Waals surface area (Å²) in [7, 11) is -2.99. The van der Waals surface area contributed by atoms with Gasteiger partial charge < -0.3 is 4.55 Å². The molecule has 0 fully saturated rings. The molecule has 0 aliphatic heterocycles. The molecule has 1 unspecified atom stereocenters. The lowest BCUT2D eigenvalue weighted by molar-refractivity contribution is 0.381. The summed E-state index contributed by atoms with van der Waals surface area (Å²) in [4.78, 5) is 0. The first-order valence-electron chi connectivity index (χ1n) is 1.47. The Morgan fingerprint density at radius 2 is 2.12 bits per heavy atom. The van der Waals surface area contributed by atoms with Crippen LogP contribution in [0.4, 0.5) is 0 Å². The highest BCUT2D eigenvalue weighted by molar-refractivity contribution is 7.79. The third-order valence-corrected chi connectivity index (χ3v) is 1.09. The minimum absolute atomic E-state index is 0.682. The predicted molar refractivity (Wildman–Crippen MR) is 27.0 cm³/mol. The molecule has 0 aliphatic rings. The molecular weight excluding hydrogens is 156 g/mol. The van der Waals surface area contributed by atoms with Gasteiger partial charge in [-0.05, 0) is 0 Å². The lowest BCUT2D eigenvalue weighted by Gasteiger charge is -1.85. The molecule has 0 amide bonds. The van der Waals surface area contributed by atoms with Crippen LogP contribution >= 0.6 is 0 Å². The average molecular weight is 160 g/mol. The molecule has 0 saturated heterocycles. The normalized spacial score (nSPS) is 14.2. The van der Waals surface area contributed by atoms with Crippen LogP contribution in [0.2, 0.25) is 0 Å². The fraction of sp³-hybridized carbons (Fsp3) is 1.00. The molecular formula is CH4O5S2. The highest BCUT2D eigenvalue weighted by atomic mass is 32.2. The van der Waals surface area contributed by atoms with E-state index in [1.807, 2.05) is 0 Å². The summed E-state index contributed by atoms with van der Waals surface area (Å²) in [6, 6.07) is 0. The summed E-state index contributed by atoms with van der Waals surface area (Å²) in [6.45, 7) is 0. The maximum absolute atomic E-state index is 9.62. The zero-order valence-electron chi connectivity index (χ0n) is 3.64. The van der Waals surface area contributed by atoms with E-state index in [-0.39, 0.29) is 0 Å². The van der Waals surface area contributed by atoms with Gasteiger partial charge in [-0.25, -0.2) is 12.6 Å². The smallest absolute Gasteiger partial charge is 0.258 e. The number of thiol groups is 1. The van der Waals surface area contributed by atoms with E-state index < -0.39 is 28.0 Å². The standard InChI is InChI=1S/CH4O5S2/c2-7(3)1-6-8(4)5/h8H,1H2,(H,2,3). The minimum Gasteiger partial charge on any atom is -0.304 e. The summed E-state index contributed by atoms with van der Waals surface area (Å²) in [5.41, 5.74) is 0. The molecule has 0 aromatic carbocycles. The summed E-state index contributed by atoms with van der Waals surface area (Å²) >= 11 is -2.19. The third-order valence-electron chi connectivity index (χ3n) is 0.259. The van der Waals surface area contributed by atoms with Crippen molar-refractivity contribution < 1.29 is 21.4 Å². The van der Waals surface area contributed by atoms with Gasteiger partial charge in [-0.1, -0.05) is 0 Å². The van der Waals surface area contributed by atoms with Crippen LogP contribution < -0.4 is 0 Å². The zero-order valence-corrected chi connectivity index (χ0v) is 5.35. The van der Waals surface area contributed by atoms with Gasteiger partial charge in [-0.2, -0.15) is 0 Å². The Balaban J connectivity index is 3.32. The van der Waals surface area contributed by atoms with E-state index in [1.165, 1.54) is 0 Å². The van der Waals surface area contributed by atoms with E-state index in [1.54, 1.807) is 0 Å². The van der Waals surface area contributed by atoms with Crippen LogP contribution in [0.1, 0.15) is 0 Å². The van der Waals surface area contributed by atoms with Crippen LogP contribution in [0.5, 0.6) is 0 Å². The number of hydrogen-bond donors (Lipinski definition) is 2. The van der Waals surface area contributed by atoms with Gasteiger partial charge in [0.15, 0.2) is 17.0 Å². The molecule has 1 N–H and O–H groups in total. The Morgan fingerprint density at radius 1 is 1.62 bits per heavy atom. The van der Waals surface area contributed by atoms with Crippen molar-refractivity contribution >= 4 is 22.1 Å². The summed E-state index contributed by atoms with van der Waals surface area (Å²) in [5, 5.41) is 0. The van der Waals surface area contributed by atoms with Gasteiger partial charge in [0.1, 0.15) is 0 Å². The molecule has 0 spiro atoms. The molecule has 0 aromatic rings. The van der Waals surface area contributed by atoms with E-state index in [9.17, 15) is 12.6 Å². The highest BCUT2D eigenvalue weighted by Crippen LogP contribution is 1.75. The van der Waals surface area contributed by atoms with E-state index in [0.29, 0.717) is 0 Å². The fourth-order valence-electron chi connectivity index (χ4n) is 0.0881. The van der Waals surface area contributed by atoms with Gasteiger partial charge in [0.05, 0.1) is 0 Å². The first kappa shape index (κ1) is 8.02. The molecule has 50 valence electrons. The van der Waals surface area contributed by atoms with E-state index in [2.05, 4.69) is 4.18 Å². The Morgan fingerprint density at radius 3 is 2.25 bits per heavy atom. The SMILES string of the molecule is O=S(O)CO[SH](=O)=O. The van der Waals surface area contributed by atoms with Crippen LogP contribution in [-0.2, 0) is 26.2 Å². The summed E-state index contributed by atoms with van der Waals surface area (Å²) in [6.07, 6.45) is 0. The summed E-state index contributed by atoms with van der Waals surface area (Å²) < 4.78 is 40.2. The monoisotopic (exact) mass is 160 g/mol. The predicted octanol–water partition coefficient (Wildman–Crippen LogP) is -1.29. The van der Waals surface area contributed by atoms with Gasteiger partial charge >= 0.3 is 0 Å². The van der Waals surface area contributed by atoms with Crippen LogP contribution in [0.25, 0.3) is 0 Å². The largest absolute Gasteiger partial charge is 0.304 e. The van der Waals surface area contributed by atoms with Crippen LogP contribution in [-0.4, -0.2) is 23.1 Å². The molecule has 7 heteroatoms. The van der Waals surface area contributed by atoms with Gasteiger partial charge in [-0.15, -0.1) is 0 Å². The average Bonchev–Trinajstić information content (AvgIpc) is 1.61. The van der Waals surface area contributed by atoms with Gasteiger partial charge in [-0.3, -0.25) is 4.18 Å². The van der Waals surface area contributed by atoms with Crippen LogP contribution in [0.3, 0.4) is 0 Å². The van der Waals surface area contributed by atoms with Crippen molar-refractivity contribution in [2.24, 2.45) is 0 Å². The molecule has 0 rings (SSSR count). The molecule has 0 saturated carbocycles. The second-order valence-electron chi connectivity index (χ2n) is 0.792. The number of hydrogen-bond acceptors (Lipinski definition) is 4. The molecule has 0 heterocycles. The second-order valence-corrected chi connectivity index (χ2v) is 2.38. The maximum Gasteiger partial charge on any atom is 0.258 e. The quantitative estimate of drug-likeness (QED) is 0.396. The molecule has 0 bridgehead atoms. The Labute approximate surface area is 50.1 Å². The van der Waals surface area contributed by atoms with Crippen LogP contribution in [0.15, 0.2) is 0 Å². The number of rotatable bonds is 3. The van der Waals surface area contributed by atoms with E-state index in [4.69, 9.17) is 4.55 Å². The molecule has 1 atom stereocenters. The molecule has 0 aliphatic carbocycles. The molecule has 5 nitrogen and oxygen atoms in total. The van der Waals surface area contributed by atoms with Crippen molar-refractivity contribution in [3.63, 3.8) is 0 Å². The Bertz CT molecular complexity index is 139. The van der Waals surface area contributed by atoms with Crippen molar-refractivity contribution in [1.82, 2.24) is 0 Å². The van der Waals surface area contributed by atoms with Gasteiger partial charge in [0, 0.05) is 0 Å². The fourth-order valence-corrected chi connectivity index (χ4v) is 0.793. The lowest BCUT2D eigenvalue weighted by Crippen LogP contribution is -1.98. The van der Waals surface area contributed by atoms with Gasteiger partial charge in [0.2, 0.25) is 0 Å². The lowest BCUT2D eigenvalue weighted by atomic mass is 11.7. The molecule has 8 heavy (non-hydrogen) atoms. The van der Waals surface area contributed by atoms with Gasteiger partial charge in [0.25, 0.3) is 11.0 Å². The maximum atomic E-state index is 9.62. The van der Waals surface area contributed by atoms with Crippen molar-refractivity contribution in [1.29, 1.82) is 0 Å². The molecule has 0 radical (unpaired) electrons. The first-order valence-corrected chi connectivity index (χ1v) is 3.85. The van der Waals surface area contributed by atoms with E-state index >= 15 is 0 Å². The van der Waals surface area contributed by atoms with Crippen molar-refractivity contribution in [2.75, 3.05) is 5.94 Å². The van der Waals surface area contributed by atoms with Crippen molar-refractivity contribution in [3.8, 4) is 0 Å². The Hall–Kier alpha value is 0.0200. The topological polar surface area (TPSA) is 80.7 Å². The van der Waals surface area contributed by atoms with E-state index in [0.717, 1.165) is 0 Å². The van der Waals surface area contributed by atoms with Crippen molar-refractivity contribution in [3.05, 3.63) is 0 Å². The first-order chi connectivity index (χ1) is 3.63. The van der Waals surface area contributed by atoms with Crippen molar-refractivity contribution in [2.45, 2.75) is 0 Å². The summed E-state index contributed by atoms with van der Waals surface area (Å²) in [5.74, 6) is -0.682. The highest BCUT2D eigenvalue weighted by Gasteiger charge is 1.91. The molecule has 0 aromatic heterocycles. The third kappa shape index (κ3) is 6.02. The minimum atomic E-state index is -2.99. The van der Waals surface area contributed by atoms with Crippen LogP contribution in [0, 0.1) is 0 Å².